The minimum Gasteiger partial charge on any atom is -0.402 e. The molecule has 0 unspecified atom stereocenters. The van der Waals surface area contributed by atoms with E-state index >= 15 is 0 Å². The second-order valence-corrected chi connectivity index (χ2v) is 7.69. The summed E-state index contributed by atoms with van der Waals surface area (Å²) in [5.74, 6) is 1.73. The van der Waals surface area contributed by atoms with Crippen LogP contribution in [0.5, 0.6) is 0 Å². The van der Waals surface area contributed by atoms with Crippen molar-refractivity contribution >= 4 is 44.9 Å². The highest BCUT2D eigenvalue weighted by Crippen LogP contribution is 2.33. The van der Waals surface area contributed by atoms with E-state index in [1.165, 1.54) is 0 Å². The van der Waals surface area contributed by atoms with Crippen LogP contribution >= 0.6 is 27.3 Å². The van der Waals surface area contributed by atoms with Crippen molar-refractivity contribution in [1.82, 2.24) is 15.0 Å². The standard InChI is InChI=1S/C15H18BrN7S/c1-8-19-5-10(24-8)6-20-15-21-7-11(16)14(23-15)22-13(18)4-12(17)9-2-3-9/h4-5,7,9H,2-3,6,17H2,1H3,(H3,18,20,21,22,23)/b12-4-. The molecule has 24 heavy (non-hydrogen) atoms. The fourth-order valence-electron chi connectivity index (χ4n) is 2.03. The second kappa shape index (κ2) is 7.27. The van der Waals surface area contributed by atoms with Crippen LogP contribution in [0.25, 0.3) is 0 Å². The number of hydrogen-bond donors (Lipinski definition) is 3. The molecule has 2 aromatic heterocycles. The van der Waals surface area contributed by atoms with Gasteiger partial charge in [0, 0.05) is 23.0 Å². The van der Waals surface area contributed by atoms with Gasteiger partial charge in [-0.25, -0.2) is 15.0 Å². The maximum Gasteiger partial charge on any atom is 0.225 e. The van der Waals surface area contributed by atoms with Crippen LogP contribution in [0, 0.1) is 12.8 Å². The first-order valence-corrected chi connectivity index (χ1v) is 9.11. The molecule has 1 fully saturated rings. The molecule has 0 atom stereocenters. The lowest BCUT2D eigenvalue weighted by atomic mass is 10.3. The van der Waals surface area contributed by atoms with Gasteiger partial charge in [0.1, 0.15) is 5.84 Å². The van der Waals surface area contributed by atoms with Gasteiger partial charge in [0.2, 0.25) is 5.95 Å². The lowest BCUT2D eigenvalue weighted by molar-refractivity contribution is 0.982. The van der Waals surface area contributed by atoms with Gasteiger partial charge in [-0.2, -0.15) is 4.98 Å². The highest BCUT2D eigenvalue weighted by Gasteiger charge is 2.24. The van der Waals surface area contributed by atoms with Crippen LogP contribution in [0.2, 0.25) is 0 Å². The number of aliphatic imine (C=N–C) groups is 1. The largest absolute Gasteiger partial charge is 0.402 e. The van der Waals surface area contributed by atoms with Crippen molar-refractivity contribution in [2.75, 3.05) is 5.32 Å². The summed E-state index contributed by atoms with van der Waals surface area (Å²) in [5.41, 5.74) is 12.7. The number of aromatic nitrogens is 3. The van der Waals surface area contributed by atoms with Gasteiger partial charge in [-0.1, -0.05) is 0 Å². The Balaban J connectivity index is 1.72. The molecular weight excluding hydrogens is 390 g/mol. The van der Waals surface area contributed by atoms with Crippen molar-refractivity contribution in [3.63, 3.8) is 0 Å². The third-order valence-electron chi connectivity index (χ3n) is 3.41. The Kier molecular flexibility index (Phi) is 5.10. The number of nitrogens with zero attached hydrogens (tertiary/aromatic N) is 4. The molecule has 1 aliphatic rings. The normalized spacial score (nSPS) is 15.6. The summed E-state index contributed by atoms with van der Waals surface area (Å²) in [6, 6.07) is 0. The molecule has 5 N–H and O–H groups in total. The zero-order valence-electron chi connectivity index (χ0n) is 13.2. The Hall–Kier alpha value is -2.00. The second-order valence-electron chi connectivity index (χ2n) is 5.52. The van der Waals surface area contributed by atoms with E-state index in [1.807, 2.05) is 13.1 Å². The van der Waals surface area contributed by atoms with Crippen molar-refractivity contribution in [3.8, 4) is 0 Å². The summed E-state index contributed by atoms with van der Waals surface area (Å²) in [7, 11) is 0. The highest BCUT2D eigenvalue weighted by molar-refractivity contribution is 9.10. The Morgan fingerprint density at radius 2 is 2.21 bits per heavy atom. The average Bonchev–Trinajstić information content (AvgIpc) is 3.31. The first kappa shape index (κ1) is 16.8. The summed E-state index contributed by atoms with van der Waals surface area (Å²) in [6.45, 7) is 2.58. The van der Waals surface area contributed by atoms with Crippen LogP contribution in [0.4, 0.5) is 11.8 Å². The van der Waals surface area contributed by atoms with E-state index in [0.29, 0.717) is 34.5 Å². The molecular formula is C15H18BrN7S. The molecule has 7 nitrogen and oxygen atoms in total. The van der Waals surface area contributed by atoms with Gasteiger partial charge in [0.15, 0.2) is 5.82 Å². The topological polar surface area (TPSA) is 115 Å². The summed E-state index contributed by atoms with van der Waals surface area (Å²) < 4.78 is 0.669. The van der Waals surface area contributed by atoms with Crippen molar-refractivity contribution in [2.45, 2.75) is 26.3 Å². The molecule has 9 heteroatoms. The van der Waals surface area contributed by atoms with E-state index < -0.39 is 0 Å². The molecule has 2 aromatic rings. The third kappa shape index (κ3) is 4.51. The zero-order valence-corrected chi connectivity index (χ0v) is 15.6. The summed E-state index contributed by atoms with van der Waals surface area (Å²) in [4.78, 5) is 18.3. The number of thiazole rings is 1. The van der Waals surface area contributed by atoms with Gasteiger partial charge in [0.25, 0.3) is 0 Å². The molecule has 2 heterocycles. The molecule has 0 aliphatic heterocycles. The van der Waals surface area contributed by atoms with Crippen molar-refractivity contribution in [3.05, 3.63) is 38.5 Å². The first-order chi connectivity index (χ1) is 11.5. The first-order valence-electron chi connectivity index (χ1n) is 7.50. The fourth-order valence-corrected chi connectivity index (χ4v) is 3.05. The van der Waals surface area contributed by atoms with Gasteiger partial charge >= 0.3 is 0 Å². The molecule has 0 bridgehead atoms. The molecule has 0 spiro atoms. The fraction of sp³-hybridized carbons (Fsp3) is 0.333. The quantitative estimate of drug-likeness (QED) is 0.500. The maximum atomic E-state index is 5.95. The third-order valence-corrected chi connectivity index (χ3v) is 4.89. The van der Waals surface area contributed by atoms with Gasteiger partial charge in [-0.3, -0.25) is 0 Å². The van der Waals surface area contributed by atoms with Crippen LogP contribution < -0.4 is 16.8 Å². The maximum absolute atomic E-state index is 5.95. The molecule has 1 aliphatic carbocycles. The number of nitrogens with two attached hydrogens (primary N) is 2. The van der Waals surface area contributed by atoms with Crippen LogP contribution in [0.3, 0.4) is 0 Å². The summed E-state index contributed by atoms with van der Waals surface area (Å²) >= 11 is 5.02. The SMILES string of the molecule is Cc1ncc(CNc2ncc(Br)c(N=C(N)/C=C(\N)C3CC3)n2)s1. The number of nitrogens with one attached hydrogen (secondary N) is 1. The number of hydrogen-bond acceptors (Lipinski definition) is 7. The van der Waals surface area contributed by atoms with Crippen LogP contribution in [0.1, 0.15) is 22.7 Å². The van der Waals surface area contributed by atoms with E-state index in [1.54, 1.807) is 23.6 Å². The molecule has 0 aromatic carbocycles. The molecule has 126 valence electrons. The molecule has 0 radical (unpaired) electrons. The zero-order chi connectivity index (χ0) is 17.1. The van der Waals surface area contributed by atoms with Crippen molar-refractivity contribution in [1.29, 1.82) is 0 Å². The summed E-state index contributed by atoms with van der Waals surface area (Å²) in [6.07, 6.45) is 7.44. The van der Waals surface area contributed by atoms with Gasteiger partial charge in [-0.05, 0) is 47.7 Å². The number of rotatable bonds is 6. The van der Waals surface area contributed by atoms with E-state index in [2.05, 4.69) is 41.2 Å². The molecule has 1 saturated carbocycles. The number of amidine groups is 1. The number of allylic oxidation sites excluding steroid dienone is 1. The van der Waals surface area contributed by atoms with E-state index in [0.717, 1.165) is 28.4 Å². The van der Waals surface area contributed by atoms with Gasteiger partial charge < -0.3 is 16.8 Å². The van der Waals surface area contributed by atoms with E-state index in [-0.39, 0.29) is 0 Å². The number of aryl methyl sites for hydroxylation is 1. The van der Waals surface area contributed by atoms with Crippen molar-refractivity contribution < 1.29 is 0 Å². The Morgan fingerprint density at radius 3 is 2.88 bits per heavy atom. The Morgan fingerprint density at radius 1 is 1.42 bits per heavy atom. The average molecular weight is 408 g/mol. The van der Waals surface area contributed by atoms with Crippen LogP contribution in [0.15, 0.2) is 33.6 Å². The van der Waals surface area contributed by atoms with Crippen LogP contribution in [-0.2, 0) is 6.54 Å². The molecule has 0 saturated heterocycles. The van der Waals surface area contributed by atoms with Crippen molar-refractivity contribution in [2.24, 2.45) is 22.4 Å². The summed E-state index contributed by atoms with van der Waals surface area (Å²) in [5, 5.41) is 4.19. The predicted molar refractivity (Wildman–Crippen MR) is 100 cm³/mol. The minimum absolute atomic E-state index is 0.336. The molecule has 0 amide bonds. The lowest BCUT2D eigenvalue weighted by Crippen LogP contribution is -2.12. The molecule has 3 rings (SSSR count). The van der Waals surface area contributed by atoms with E-state index in [4.69, 9.17) is 11.5 Å². The van der Waals surface area contributed by atoms with Crippen LogP contribution in [-0.4, -0.2) is 20.8 Å². The number of halogens is 1. The Labute approximate surface area is 152 Å². The highest BCUT2D eigenvalue weighted by atomic mass is 79.9. The predicted octanol–water partition coefficient (Wildman–Crippen LogP) is 2.86. The van der Waals surface area contributed by atoms with Gasteiger partial charge in [0.05, 0.1) is 16.0 Å². The smallest absolute Gasteiger partial charge is 0.225 e. The van der Waals surface area contributed by atoms with E-state index in [9.17, 15) is 0 Å². The monoisotopic (exact) mass is 407 g/mol. The Bertz CT molecular complexity index is 795. The minimum atomic E-state index is 0.336. The van der Waals surface area contributed by atoms with Gasteiger partial charge in [-0.15, -0.1) is 11.3 Å². The number of anilines is 1. The lowest BCUT2D eigenvalue weighted by Gasteiger charge is -2.05.